The molecule has 0 bridgehead atoms. The van der Waals surface area contributed by atoms with Crippen molar-refractivity contribution in [3.63, 3.8) is 0 Å². The second kappa shape index (κ2) is 4.58. The van der Waals surface area contributed by atoms with Crippen molar-refractivity contribution < 1.29 is 28.2 Å². The normalized spacial score (nSPS) is 28.0. The second-order valence-electron chi connectivity index (χ2n) is 4.22. The number of carboxylic acids is 1. The average Bonchev–Trinajstić information content (AvgIpc) is 1.96. The third kappa shape index (κ3) is 4.36. The van der Waals surface area contributed by atoms with Crippen molar-refractivity contribution in [2.24, 2.45) is 0 Å². The molecule has 1 saturated heterocycles. The van der Waals surface area contributed by atoms with E-state index in [2.05, 4.69) is 0 Å². The molecule has 2 N–H and O–H groups in total. The van der Waals surface area contributed by atoms with Gasteiger partial charge in [-0.15, -0.1) is 0 Å². The van der Waals surface area contributed by atoms with Gasteiger partial charge in [0.25, 0.3) is 0 Å². The molecule has 0 spiro atoms. The van der Waals surface area contributed by atoms with Gasteiger partial charge >= 0.3 is 12.1 Å². The van der Waals surface area contributed by atoms with Crippen LogP contribution in [0.25, 0.3) is 0 Å². The molecule has 0 aromatic heterocycles. The third-order valence-electron chi connectivity index (χ3n) is 2.52. The number of aliphatic hydroxyl groups is 1. The lowest BCUT2D eigenvalue weighted by Gasteiger charge is -2.38. The van der Waals surface area contributed by atoms with E-state index >= 15 is 0 Å². The van der Waals surface area contributed by atoms with Crippen LogP contribution >= 0.6 is 0 Å². The van der Waals surface area contributed by atoms with E-state index in [0.29, 0.717) is 6.42 Å². The van der Waals surface area contributed by atoms with E-state index in [4.69, 9.17) is 5.11 Å². The van der Waals surface area contributed by atoms with Crippen molar-refractivity contribution in [3.05, 3.63) is 0 Å². The van der Waals surface area contributed by atoms with Crippen molar-refractivity contribution in [1.29, 1.82) is 0 Å². The Labute approximate surface area is 90.7 Å². The number of halogens is 3. The van der Waals surface area contributed by atoms with E-state index < -0.39 is 30.7 Å². The molecule has 0 aromatic carbocycles. The van der Waals surface area contributed by atoms with E-state index in [1.807, 2.05) is 0 Å². The molecule has 1 rings (SSSR count). The number of hydrogen-bond donors (Lipinski definition) is 2. The van der Waals surface area contributed by atoms with Crippen LogP contribution in [0, 0.1) is 0 Å². The van der Waals surface area contributed by atoms with Gasteiger partial charge in [-0.2, -0.15) is 13.2 Å². The molecule has 4 nitrogen and oxygen atoms in total. The summed E-state index contributed by atoms with van der Waals surface area (Å²) in [5.41, 5.74) is -1.53. The number of hydrogen-bond acceptors (Lipinski definition) is 3. The van der Waals surface area contributed by atoms with Crippen LogP contribution in [0.1, 0.15) is 19.3 Å². The standard InChI is InChI=1S/C9H14F3NO3/c10-9(11,12)6-13-3-1-2-8(16,5-13)4-7(14)15/h16H,1-6H2,(H,14,15). The first-order valence-electron chi connectivity index (χ1n) is 4.93. The molecule has 0 radical (unpaired) electrons. The van der Waals surface area contributed by atoms with Gasteiger partial charge in [0.15, 0.2) is 0 Å². The van der Waals surface area contributed by atoms with Crippen molar-refractivity contribution in [1.82, 2.24) is 4.90 Å². The molecule has 1 atom stereocenters. The van der Waals surface area contributed by atoms with Crippen LogP contribution in [-0.2, 0) is 4.79 Å². The van der Waals surface area contributed by atoms with E-state index in [1.54, 1.807) is 0 Å². The number of nitrogens with zero attached hydrogens (tertiary/aromatic N) is 1. The van der Waals surface area contributed by atoms with Crippen molar-refractivity contribution in [3.8, 4) is 0 Å². The Balaban J connectivity index is 2.55. The summed E-state index contributed by atoms with van der Waals surface area (Å²) in [7, 11) is 0. The van der Waals surface area contributed by atoms with Crippen LogP contribution in [0.15, 0.2) is 0 Å². The van der Waals surface area contributed by atoms with Gasteiger partial charge in [0.05, 0.1) is 18.6 Å². The highest BCUT2D eigenvalue weighted by atomic mass is 19.4. The van der Waals surface area contributed by atoms with E-state index in [-0.39, 0.29) is 19.5 Å². The number of alkyl halides is 3. The zero-order chi connectivity index (χ0) is 12.4. The largest absolute Gasteiger partial charge is 0.481 e. The fourth-order valence-corrected chi connectivity index (χ4v) is 2.02. The zero-order valence-corrected chi connectivity index (χ0v) is 8.63. The highest BCUT2D eigenvalue weighted by Crippen LogP contribution is 2.27. The first kappa shape index (κ1) is 13.2. The maximum Gasteiger partial charge on any atom is 0.401 e. The predicted molar refractivity (Wildman–Crippen MR) is 48.9 cm³/mol. The number of likely N-dealkylation sites (tertiary alicyclic amines) is 1. The molecule has 1 fully saturated rings. The minimum absolute atomic E-state index is 0.230. The number of carboxylic acid groups (broad SMARTS) is 1. The maximum atomic E-state index is 12.1. The molecule has 1 heterocycles. The van der Waals surface area contributed by atoms with Gasteiger partial charge < -0.3 is 10.2 Å². The molecule has 1 aliphatic rings. The SMILES string of the molecule is O=C(O)CC1(O)CCCN(CC(F)(F)F)C1. The Morgan fingerprint density at radius 3 is 2.56 bits per heavy atom. The predicted octanol–water partition coefficient (Wildman–Crippen LogP) is 0.850. The molecule has 1 unspecified atom stereocenters. The molecule has 7 heteroatoms. The molecule has 16 heavy (non-hydrogen) atoms. The van der Waals surface area contributed by atoms with Crippen LogP contribution in [0.3, 0.4) is 0 Å². The van der Waals surface area contributed by atoms with Crippen LogP contribution in [0.2, 0.25) is 0 Å². The smallest absolute Gasteiger partial charge is 0.401 e. The summed E-state index contributed by atoms with van der Waals surface area (Å²) in [6.45, 7) is -1.10. The number of aliphatic carboxylic acids is 1. The summed E-state index contributed by atoms with van der Waals surface area (Å²) in [5.74, 6) is -1.20. The lowest BCUT2D eigenvalue weighted by Crippen LogP contribution is -2.51. The van der Waals surface area contributed by atoms with E-state index in [0.717, 1.165) is 4.90 Å². The van der Waals surface area contributed by atoms with Gasteiger partial charge in [-0.05, 0) is 19.4 Å². The van der Waals surface area contributed by atoms with E-state index in [9.17, 15) is 23.1 Å². The van der Waals surface area contributed by atoms with Crippen LogP contribution in [0.4, 0.5) is 13.2 Å². The van der Waals surface area contributed by atoms with Crippen molar-refractivity contribution in [2.45, 2.75) is 31.0 Å². The summed E-state index contributed by atoms with van der Waals surface area (Å²) in [6, 6.07) is 0. The highest BCUT2D eigenvalue weighted by Gasteiger charge is 2.39. The summed E-state index contributed by atoms with van der Waals surface area (Å²) < 4.78 is 36.3. The molecule has 0 saturated carbocycles. The molecule has 94 valence electrons. The van der Waals surface area contributed by atoms with Gasteiger partial charge in [-0.3, -0.25) is 9.69 Å². The van der Waals surface area contributed by atoms with Gasteiger partial charge in [-0.25, -0.2) is 0 Å². The molecule has 0 aliphatic carbocycles. The quantitative estimate of drug-likeness (QED) is 0.769. The van der Waals surface area contributed by atoms with Gasteiger partial charge in [-0.1, -0.05) is 0 Å². The molecular formula is C9H14F3NO3. The Hall–Kier alpha value is -0.820. The fraction of sp³-hybridized carbons (Fsp3) is 0.889. The van der Waals surface area contributed by atoms with Crippen LogP contribution in [0.5, 0.6) is 0 Å². The molecule has 0 amide bonds. The minimum Gasteiger partial charge on any atom is -0.481 e. The van der Waals surface area contributed by atoms with Gasteiger partial charge in [0.1, 0.15) is 0 Å². The average molecular weight is 241 g/mol. The fourth-order valence-electron chi connectivity index (χ4n) is 2.02. The van der Waals surface area contributed by atoms with Crippen molar-refractivity contribution >= 4 is 5.97 Å². The van der Waals surface area contributed by atoms with Crippen molar-refractivity contribution in [2.75, 3.05) is 19.6 Å². The Morgan fingerprint density at radius 1 is 1.44 bits per heavy atom. The Kier molecular flexibility index (Phi) is 3.80. The summed E-state index contributed by atoms with van der Waals surface area (Å²) >= 11 is 0. The first-order valence-corrected chi connectivity index (χ1v) is 4.93. The van der Waals surface area contributed by atoms with E-state index in [1.165, 1.54) is 0 Å². The third-order valence-corrected chi connectivity index (χ3v) is 2.52. The lowest BCUT2D eigenvalue weighted by atomic mass is 9.89. The number of piperidine rings is 1. The summed E-state index contributed by atoms with van der Waals surface area (Å²) in [6.07, 6.45) is -4.23. The maximum absolute atomic E-state index is 12.1. The molecular weight excluding hydrogens is 227 g/mol. The highest BCUT2D eigenvalue weighted by molar-refractivity contribution is 5.68. The zero-order valence-electron chi connectivity index (χ0n) is 8.63. The van der Waals surface area contributed by atoms with Gasteiger partial charge in [0.2, 0.25) is 0 Å². The molecule has 0 aromatic rings. The Morgan fingerprint density at radius 2 is 2.06 bits per heavy atom. The topological polar surface area (TPSA) is 60.8 Å². The second-order valence-corrected chi connectivity index (χ2v) is 4.22. The van der Waals surface area contributed by atoms with Crippen LogP contribution < -0.4 is 0 Å². The number of β-amino-alcohol motifs (C(OH)–C–C–N with tert-alkyl or cyclic N) is 1. The molecule has 1 aliphatic heterocycles. The van der Waals surface area contributed by atoms with Crippen LogP contribution in [-0.4, -0.2) is 52.5 Å². The summed E-state index contributed by atoms with van der Waals surface area (Å²) in [4.78, 5) is 11.5. The first-order chi connectivity index (χ1) is 7.20. The lowest BCUT2D eigenvalue weighted by molar-refractivity contribution is -0.162. The minimum atomic E-state index is -4.32. The Bertz CT molecular complexity index is 269. The number of rotatable bonds is 3. The number of carbonyl (C=O) groups is 1. The van der Waals surface area contributed by atoms with Gasteiger partial charge in [0, 0.05) is 6.54 Å². The summed E-state index contributed by atoms with van der Waals surface area (Å²) in [5, 5.41) is 18.4. The monoisotopic (exact) mass is 241 g/mol.